The molecule has 3 N–H and O–H groups in total. The normalized spacial score (nSPS) is 46.2. The Morgan fingerprint density at radius 1 is 1.40 bits per heavy atom. The molecule has 0 bridgehead atoms. The van der Waals surface area contributed by atoms with Crippen molar-refractivity contribution in [3.8, 4) is 0 Å². The Labute approximate surface area is 97.8 Å². The van der Waals surface area contributed by atoms with E-state index in [1.165, 1.54) is 31.4 Å². The summed E-state index contributed by atoms with van der Waals surface area (Å²) >= 11 is 2.07. The first-order valence-corrected chi connectivity index (χ1v) is 7.28. The van der Waals surface area contributed by atoms with Crippen molar-refractivity contribution in [3.63, 3.8) is 0 Å². The van der Waals surface area contributed by atoms with Crippen molar-refractivity contribution in [2.24, 2.45) is 11.7 Å². The average molecular weight is 228 g/mol. The second kappa shape index (κ2) is 4.64. The van der Waals surface area contributed by atoms with Crippen molar-refractivity contribution in [1.82, 2.24) is 5.32 Å². The predicted octanol–water partition coefficient (Wildman–Crippen LogP) is 1.99. The van der Waals surface area contributed by atoms with Crippen molar-refractivity contribution in [1.29, 1.82) is 0 Å². The molecule has 1 aliphatic heterocycles. The van der Waals surface area contributed by atoms with Gasteiger partial charge < -0.3 is 11.1 Å². The fourth-order valence-electron chi connectivity index (χ4n) is 3.04. The van der Waals surface area contributed by atoms with Gasteiger partial charge in [0, 0.05) is 29.1 Å². The predicted molar refractivity (Wildman–Crippen MR) is 68.3 cm³/mol. The first-order valence-electron chi connectivity index (χ1n) is 6.23. The molecule has 2 rings (SSSR count). The summed E-state index contributed by atoms with van der Waals surface area (Å²) in [6.07, 6.45) is 5.34. The van der Waals surface area contributed by atoms with Crippen molar-refractivity contribution in [2.75, 3.05) is 12.3 Å². The minimum atomic E-state index is 0.249. The lowest BCUT2D eigenvalue weighted by Crippen LogP contribution is -2.55. The summed E-state index contributed by atoms with van der Waals surface area (Å²) in [5.41, 5.74) is 6.22. The third kappa shape index (κ3) is 2.69. The quantitative estimate of drug-likeness (QED) is 0.776. The molecule has 0 radical (unpaired) electrons. The highest BCUT2D eigenvalue weighted by molar-refractivity contribution is 8.00. The van der Waals surface area contributed by atoms with E-state index in [1.54, 1.807) is 0 Å². The summed E-state index contributed by atoms with van der Waals surface area (Å²) in [6.45, 7) is 5.49. The zero-order valence-corrected chi connectivity index (χ0v) is 10.8. The van der Waals surface area contributed by atoms with Crippen LogP contribution in [0.3, 0.4) is 0 Å². The minimum Gasteiger partial charge on any atom is -0.329 e. The first-order chi connectivity index (χ1) is 7.13. The third-order valence-electron chi connectivity index (χ3n) is 3.92. The zero-order chi connectivity index (χ0) is 10.9. The van der Waals surface area contributed by atoms with E-state index >= 15 is 0 Å². The Morgan fingerprint density at radius 3 is 2.67 bits per heavy atom. The van der Waals surface area contributed by atoms with Gasteiger partial charge in [0.25, 0.3) is 0 Å². The number of thioether (sulfide) groups is 1. The molecular formula is C12H24N2S. The summed E-state index contributed by atoms with van der Waals surface area (Å²) in [5, 5.41) is 4.63. The molecule has 3 heteroatoms. The molecule has 1 heterocycles. The van der Waals surface area contributed by atoms with Crippen LogP contribution < -0.4 is 11.1 Å². The van der Waals surface area contributed by atoms with Gasteiger partial charge in [0.15, 0.2) is 0 Å². The zero-order valence-electron chi connectivity index (χ0n) is 9.96. The Bertz CT molecular complexity index is 222. The standard InChI is InChI=1S/C12H24N2S/c1-9-3-4-11(5-9)14-12(7-13)6-10(2)15-8-12/h9-11,14H,3-8,13H2,1-2H3. The molecule has 0 aromatic rings. The minimum absolute atomic E-state index is 0.249. The molecule has 15 heavy (non-hydrogen) atoms. The maximum Gasteiger partial charge on any atom is 0.0407 e. The summed E-state index contributed by atoms with van der Waals surface area (Å²) < 4.78 is 0. The Hall–Kier alpha value is 0.270. The van der Waals surface area contributed by atoms with E-state index in [2.05, 4.69) is 30.9 Å². The molecule has 1 aliphatic carbocycles. The van der Waals surface area contributed by atoms with Gasteiger partial charge in [-0.2, -0.15) is 11.8 Å². The van der Waals surface area contributed by atoms with Crippen molar-refractivity contribution in [3.05, 3.63) is 0 Å². The van der Waals surface area contributed by atoms with Gasteiger partial charge >= 0.3 is 0 Å². The molecule has 1 saturated carbocycles. The topological polar surface area (TPSA) is 38.0 Å². The fraction of sp³-hybridized carbons (Fsp3) is 1.00. The van der Waals surface area contributed by atoms with E-state index in [0.717, 1.165) is 23.8 Å². The molecule has 88 valence electrons. The molecular weight excluding hydrogens is 204 g/mol. The number of rotatable bonds is 3. The highest BCUT2D eigenvalue weighted by atomic mass is 32.2. The Balaban J connectivity index is 1.91. The van der Waals surface area contributed by atoms with E-state index < -0.39 is 0 Å². The van der Waals surface area contributed by atoms with Gasteiger partial charge in [0.1, 0.15) is 0 Å². The summed E-state index contributed by atoms with van der Waals surface area (Å²) in [5.74, 6) is 2.11. The highest BCUT2D eigenvalue weighted by Gasteiger charge is 2.39. The van der Waals surface area contributed by atoms with E-state index in [9.17, 15) is 0 Å². The molecule has 0 amide bonds. The molecule has 2 nitrogen and oxygen atoms in total. The van der Waals surface area contributed by atoms with Gasteiger partial charge in [-0.25, -0.2) is 0 Å². The maximum absolute atomic E-state index is 5.97. The van der Waals surface area contributed by atoms with Crippen LogP contribution in [0.15, 0.2) is 0 Å². The van der Waals surface area contributed by atoms with E-state index in [4.69, 9.17) is 5.73 Å². The fourth-order valence-corrected chi connectivity index (χ4v) is 4.40. The first kappa shape index (κ1) is 11.7. The third-order valence-corrected chi connectivity index (χ3v) is 5.37. The SMILES string of the molecule is CC1CCC(NC2(CN)CSC(C)C2)C1. The van der Waals surface area contributed by atoms with Crippen LogP contribution >= 0.6 is 11.8 Å². The number of nitrogens with two attached hydrogens (primary N) is 1. The largest absolute Gasteiger partial charge is 0.329 e. The van der Waals surface area contributed by atoms with Crippen LogP contribution in [0.5, 0.6) is 0 Å². The van der Waals surface area contributed by atoms with Crippen LogP contribution in [0.2, 0.25) is 0 Å². The van der Waals surface area contributed by atoms with Crippen LogP contribution in [0.4, 0.5) is 0 Å². The van der Waals surface area contributed by atoms with E-state index in [0.29, 0.717) is 0 Å². The summed E-state index contributed by atoms with van der Waals surface area (Å²) in [6, 6.07) is 0.731. The number of hydrogen-bond donors (Lipinski definition) is 2. The van der Waals surface area contributed by atoms with Crippen molar-refractivity contribution < 1.29 is 0 Å². The molecule has 4 unspecified atom stereocenters. The smallest absolute Gasteiger partial charge is 0.0407 e. The number of hydrogen-bond acceptors (Lipinski definition) is 3. The van der Waals surface area contributed by atoms with Gasteiger partial charge in [0.05, 0.1) is 0 Å². The second-order valence-electron chi connectivity index (χ2n) is 5.57. The van der Waals surface area contributed by atoms with Crippen LogP contribution in [-0.2, 0) is 0 Å². The second-order valence-corrected chi connectivity index (χ2v) is 7.00. The van der Waals surface area contributed by atoms with Crippen molar-refractivity contribution in [2.45, 2.75) is 56.4 Å². The molecule has 0 spiro atoms. The number of nitrogens with one attached hydrogen (secondary N) is 1. The van der Waals surface area contributed by atoms with Crippen molar-refractivity contribution >= 4 is 11.8 Å². The van der Waals surface area contributed by atoms with Crippen LogP contribution in [0, 0.1) is 5.92 Å². The lowest BCUT2D eigenvalue weighted by Gasteiger charge is -2.32. The summed E-state index contributed by atoms with van der Waals surface area (Å²) in [7, 11) is 0. The monoisotopic (exact) mass is 228 g/mol. The van der Waals surface area contributed by atoms with Gasteiger partial charge in [-0.1, -0.05) is 13.8 Å². The Morgan fingerprint density at radius 2 is 2.20 bits per heavy atom. The maximum atomic E-state index is 5.97. The molecule has 0 aromatic carbocycles. The average Bonchev–Trinajstić information content (AvgIpc) is 2.75. The molecule has 2 aliphatic rings. The lowest BCUT2D eigenvalue weighted by molar-refractivity contribution is 0.311. The van der Waals surface area contributed by atoms with Gasteiger partial charge in [-0.05, 0) is 31.6 Å². The van der Waals surface area contributed by atoms with Crippen LogP contribution in [-0.4, -0.2) is 29.1 Å². The van der Waals surface area contributed by atoms with Gasteiger partial charge in [-0.3, -0.25) is 0 Å². The summed E-state index contributed by atoms with van der Waals surface area (Å²) in [4.78, 5) is 0. The molecule has 4 atom stereocenters. The lowest BCUT2D eigenvalue weighted by atomic mass is 9.94. The molecule has 1 saturated heterocycles. The van der Waals surface area contributed by atoms with Gasteiger partial charge in [0.2, 0.25) is 0 Å². The van der Waals surface area contributed by atoms with Gasteiger partial charge in [-0.15, -0.1) is 0 Å². The van der Waals surface area contributed by atoms with E-state index in [-0.39, 0.29) is 5.54 Å². The Kier molecular flexibility index (Phi) is 3.63. The molecule has 2 fully saturated rings. The van der Waals surface area contributed by atoms with E-state index in [1.807, 2.05) is 0 Å². The molecule has 0 aromatic heterocycles. The highest BCUT2D eigenvalue weighted by Crippen LogP contribution is 2.36. The van der Waals surface area contributed by atoms with Crippen LogP contribution in [0.1, 0.15) is 39.5 Å². The van der Waals surface area contributed by atoms with Crippen LogP contribution in [0.25, 0.3) is 0 Å².